The molecule has 0 saturated heterocycles. The molecule has 0 aliphatic heterocycles. The van der Waals surface area contributed by atoms with Crippen LogP contribution in [-0.2, 0) is 0 Å². The lowest BCUT2D eigenvalue weighted by molar-refractivity contribution is 0.628. The van der Waals surface area contributed by atoms with Gasteiger partial charge in [0.25, 0.3) is 0 Å². The van der Waals surface area contributed by atoms with Gasteiger partial charge in [0.15, 0.2) is 5.65 Å². The van der Waals surface area contributed by atoms with Crippen LogP contribution in [0.1, 0.15) is 11.3 Å². The van der Waals surface area contributed by atoms with E-state index in [0.717, 1.165) is 22.3 Å². The summed E-state index contributed by atoms with van der Waals surface area (Å²) in [5.41, 5.74) is 4.14. The molecular formula is C17H11FN4. The van der Waals surface area contributed by atoms with Crippen LogP contribution >= 0.6 is 0 Å². The number of aromatic nitrogens is 4. The molecule has 106 valence electrons. The zero-order valence-electron chi connectivity index (χ0n) is 11.5. The highest BCUT2D eigenvalue weighted by atomic mass is 19.1. The van der Waals surface area contributed by atoms with E-state index in [4.69, 9.17) is 0 Å². The van der Waals surface area contributed by atoms with Gasteiger partial charge in [-0.15, -0.1) is 10.2 Å². The van der Waals surface area contributed by atoms with Gasteiger partial charge in [0, 0.05) is 0 Å². The van der Waals surface area contributed by atoms with Crippen LogP contribution in [0.3, 0.4) is 0 Å². The molecule has 4 nitrogen and oxygen atoms in total. The molecule has 22 heavy (non-hydrogen) atoms. The zero-order chi connectivity index (χ0) is 14.9. The van der Waals surface area contributed by atoms with E-state index in [1.165, 1.54) is 12.1 Å². The number of nitrogens with zero attached hydrogens (tertiary/aromatic N) is 4. The smallest absolute Gasteiger partial charge is 0.187 e. The molecule has 0 N–H and O–H groups in total. The van der Waals surface area contributed by atoms with E-state index in [1.807, 2.05) is 40.8 Å². The SMILES string of the molecule is Fc1ccc(/C=C/c2nc3ccccc3n3cnnc23)cc1. The van der Waals surface area contributed by atoms with Crippen molar-refractivity contribution < 1.29 is 4.39 Å². The van der Waals surface area contributed by atoms with E-state index >= 15 is 0 Å². The van der Waals surface area contributed by atoms with E-state index < -0.39 is 0 Å². The van der Waals surface area contributed by atoms with Crippen LogP contribution in [0.4, 0.5) is 4.39 Å². The van der Waals surface area contributed by atoms with Gasteiger partial charge in [0.05, 0.1) is 11.0 Å². The Morgan fingerprint density at radius 1 is 0.955 bits per heavy atom. The van der Waals surface area contributed by atoms with Gasteiger partial charge in [-0.3, -0.25) is 4.40 Å². The van der Waals surface area contributed by atoms with Crippen LogP contribution in [0.5, 0.6) is 0 Å². The maximum Gasteiger partial charge on any atom is 0.187 e. The van der Waals surface area contributed by atoms with Gasteiger partial charge in [-0.25, -0.2) is 9.37 Å². The van der Waals surface area contributed by atoms with Crippen molar-refractivity contribution in [3.8, 4) is 0 Å². The van der Waals surface area contributed by atoms with Gasteiger partial charge in [-0.05, 0) is 35.9 Å². The average Bonchev–Trinajstić information content (AvgIpc) is 3.04. The Morgan fingerprint density at radius 2 is 1.77 bits per heavy atom. The van der Waals surface area contributed by atoms with Crippen molar-refractivity contribution in [3.05, 3.63) is 71.9 Å². The molecule has 0 fully saturated rings. The standard InChI is InChI=1S/C17H11FN4/c18-13-8-5-12(6-9-13)7-10-15-17-21-19-11-22(17)16-4-2-1-3-14(16)20-15/h1-11H/b10-7+. The van der Waals surface area contributed by atoms with Crippen LogP contribution in [0.15, 0.2) is 54.9 Å². The molecule has 2 aromatic carbocycles. The molecule has 5 heteroatoms. The third-order valence-corrected chi connectivity index (χ3v) is 3.46. The Balaban J connectivity index is 1.86. The predicted molar refractivity (Wildman–Crippen MR) is 83.6 cm³/mol. The first-order valence-electron chi connectivity index (χ1n) is 6.83. The number of hydrogen-bond acceptors (Lipinski definition) is 3. The lowest BCUT2D eigenvalue weighted by Crippen LogP contribution is -1.94. The maximum atomic E-state index is 12.9. The monoisotopic (exact) mass is 290 g/mol. The highest BCUT2D eigenvalue weighted by Crippen LogP contribution is 2.18. The minimum absolute atomic E-state index is 0.249. The average molecular weight is 290 g/mol. The minimum atomic E-state index is -0.249. The third-order valence-electron chi connectivity index (χ3n) is 3.46. The zero-order valence-corrected chi connectivity index (χ0v) is 11.5. The van der Waals surface area contributed by atoms with Gasteiger partial charge < -0.3 is 0 Å². The van der Waals surface area contributed by atoms with E-state index in [0.29, 0.717) is 5.65 Å². The number of halogens is 1. The number of fused-ring (bicyclic) bond motifs is 3. The number of benzene rings is 2. The molecule has 0 saturated carbocycles. The second kappa shape index (κ2) is 5.04. The summed E-state index contributed by atoms with van der Waals surface area (Å²) < 4.78 is 14.8. The van der Waals surface area contributed by atoms with Crippen LogP contribution in [0, 0.1) is 5.82 Å². The molecule has 0 bridgehead atoms. The Labute approximate surface area is 125 Å². The molecule has 2 aromatic heterocycles. The summed E-state index contributed by atoms with van der Waals surface area (Å²) in [6.45, 7) is 0. The van der Waals surface area contributed by atoms with Crippen molar-refractivity contribution >= 4 is 28.8 Å². The van der Waals surface area contributed by atoms with Crippen molar-refractivity contribution in [2.45, 2.75) is 0 Å². The lowest BCUT2D eigenvalue weighted by Gasteiger charge is -2.03. The van der Waals surface area contributed by atoms with E-state index in [9.17, 15) is 4.39 Å². The molecule has 4 aromatic rings. The molecule has 0 spiro atoms. The van der Waals surface area contributed by atoms with Gasteiger partial charge in [-0.1, -0.05) is 30.3 Å². The van der Waals surface area contributed by atoms with Crippen molar-refractivity contribution in [1.29, 1.82) is 0 Å². The molecule has 4 rings (SSSR count). The fourth-order valence-corrected chi connectivity index (χ4v) is 2.39. The van der Waals surface area contributed by atoms with Gasteiger partial charge >= 0.3 is 0 Å². The summed E-state index contributed by atoms with van der Waals surface area (Å²) in [5, 5.41) is 8.10. The molecule has 0 aliphatic rings. The minimum Gasteiger partial charge on any atom is -0.278 e. The summed E-state index contributed by atoms with van der Waals surface area (Å²) in [6.07, 6.45) is 5.42. The molecule has 0 atom stereocenters. The fraction of sp³-hybridized carbons (Fsp3) is 0. The van der Waals surface area contributed by atoms with E-state index in [-0.39, 0.29) is 5.82 Å². The number of para-hydroxylation sites is 2. The Bertz CT molecular complexity index is 987. The Morgan fingerprint density at radius 3 is 2.64 bits per heavy atom. The van der Waals surface area contributed by atoms with Gasteiger partial charge in [0.2, 0.25) is 0 Å². The second-order valence-corrected chi connectivity index (χ2v) is 4.90. The first kappa shape index (κ1) is 12.6. The molecule has 0 radical (unpaired) electrons. The number of hydrogen-bond donors (Lipinski definition) is 0. The van der Waals surface area contributed by atoms with Crippen LogP contribution < -0.4 is 0 Å². The summed E-state index contributed by atoms with van der Waals surface area (Å²) in [6, 6.07) is 14.1. The van der Waals surface area contributed by atoms with Crippen molar-refractivity contribution in [2.75, 3.05) is 0 Å². The fourth-order valence-electron chi connectivity index (χ4n) is 2.39. The first-order valence-corrected chi connectivity index (χ1v) is 6.83. The largest absolute Gasteiger partial charge is 0.278 e. The lowest BCUT2D eigenvalue weighted by atomic mass is 10.2. The van der Waals surface area contributed by atoms with E-state index in [2.05, 4.69) is 15.2 Å². The Kier molecular flexibility index (Phi) is 2.89. The van der Waals surface area contributed by atoms with Crippen molar-refractivity contribution in [2.24, 2.45) is 0 Å². The van der Waals surface area contributed by atoms with Crippen molar-refractivity contribution in [1.82, 2.24) is 19.6 Å². The van der Waals surface area contributed by atoms with Crippen molar-refractivity contribution in [3.63, 3.8) is 0 Å². The van der Waals surface area contributed by atoms with Crippen LogP contribution in [-0.4, -0.2) is 19.6 Å². The maximum absolute atomic E-state index is 12.9. The summed E-state index contributed by atoms with van der Waals surface area (Å²) in [7, 11) is 0. The first-order chi connectivity index (χ1) is 10.8. The summed E-state index contributed by atoms with van der Waals surface area (Å²) >= 11 is 0. The Hall–Kier alpha value is -3.08. The normalized spacial score (nSPS) is 11.7. The predicted octanol–water partition coefficient (Wildman–Crippen LogP) is 3.59. The number of rotatable bonds is 2. The third kappa shape index (κ3) is 2.13. The second-order valence-electron chi connectivity index (χ2n) is 4.90. The topological polar surface area (TPSA) is 43.1 Å². The molecular weight excluding hydrogens is 279 g/mol. The van der Waals surface area contributed by atoms with Gasteiger partial charge in [-0.2, -0.15) is 0 Å². The molecule has 0 aliphatic carbocycles. The van der Waals surface area contributed by atoms with Gasteiger partial charge in [0.1, 0.15) is 17.8 Å². The highest BCUT2D eigenvalue weighted by Gasteiger charge is 2.07. The quantitative estimate of drug-likeness (QED) is 0.566. The van der Waals surface area contributed by atoms with Crippen LogP contribution in [0.25, 0.3) is 28.8 Å². The summed E-state index contributed by atoms with van der Waals surface area (Å²) in [5.74, 6) is -0.249. The van der Waals surface area contributed by atoms with E-state index in [1.54, 1.807) is 18.5 Å². The molecule has 0 unspecified atom stereocenters. The molecule has 0 amide bonds. The van der Waals surface area contributed by atoms with Crippen LogP contribution in [0.2, 0.25) is 0 Å². The summed E-state index contributed by atoms with van der Waals surface area (Å²) in [4.78, 5) is 4.62. The molecule has 2 heterocycles. The highest BCUT2D eigenvalue weighted by molar-refractivity contribution is 5.83.